The van der Waals surface area contributed by atoms with Gasteiger partial charge in [-0.3, -0.25) is 19.6 Å². The number of imidazole rings is 1. The molecule has 0 spiro atoms. The first kappa shape index (κ1) is 17.5. The lowest BCUT2D eigenvalue weighted by molar-refractivity contribution is 0.102. The van der Waals surface area contributed by atoms with E-state index >= 15 is 0 Å². The lowest BCUT2D eigenvalue weighted by Crippen LogP contribution is -2.25. The van der Waals surface area contributed by atoms with E-state index in [1.54, 1.807) is 0 Å². The van der Waals surface area contributed by atoms with Gasteiger partial charge in [-0.05, 0) is 44.6 Å². The Hall–Kier alpha value is -1.89. The lowest BCUT2D eigenvalue weighted by Gasteiger charge is -2.24. The fourth-order valence-electron chi connectivity index (χ4n) is 2.31. The van der Waals surface area contributed by atoms with E-state index < -0.39 is 0 Å². The zero-order valence-corrected chi connectivity index (χ0v) is 14.8. The quantitative estimate of drug-likeness (QED) is 0.777. The van der Waals surface area contributed by atoms with Crippen molar-refractivity contribution in [2.75, 3.05) is 19.4 Å². The number of para-hydroxylation sites is 2. The Morgan fingerprint density at radius 3 is 2.65 bits per heavy atom. The molecule has 0 aliphatic heterocycles. The van der Waals surface area contributed by atoms with E-state index in [0.29, 0.717) is 10.8 Å². The number of benzene rings is 1. The van der Waals surface area contributed by atoms with Crippen LogP contribution in [0.3, 0.4) is 0 Å². The molecule has 1 amide bonds. The summed E-state index contributed by atoms with van der Waals surface area (Å²) in [6, 6.07) is 11.6. The number of halogens is 1. The molecular weight excluding hydrogens is 332 g/mol. The third kappa shape index (κ3) is 3.39. The van der Waals surface area contributed by atoms with Crippen LogP contribution in [0.5, 0.6) is 0 Å². The predicted molar refractivity (Wildman–Crippen MR) is 97.7 cm³/mol. The first-order valence-corrected chi connectivity index (χ1v) is 7.94. The van der Waals surface area contributed by atoms with Gasteiger partial charge in [0, 0.05) is 0 Å². The molecule has 0 saturated heterocycles. The highest BCUT2D eigenvalue weighted by molar-refractivity contribution is 7.12. The summed E-state index contributed by atoms with van der Waals surface area (Å²) in [4.78, 5) is 19.7. The Balaban J connectivity index is 0.00000192. The first-order valence-electron chi connectivity index (χ1n) is 7.06. The smallest absolute Gasteiger partial charge is 0.268 e. The monoisotopic (exact) mass is 350 g/mol. The molecule has 2 heterocycles. The fourth-order valence-corrected chi connectivity index (χ4v) is 2.93. The van der Waals surface area contributed by atoms with Gasteiger partial charge in [0.05, 0.1) is 22.1 Å². The van der Waals surface area contributed by atoms with Gasteiger partial charge in [0.15, 0.2) is 0 Å². The van der Waals surface area contributed by atoms with Gasteiger partial charge in [-0.2, -0.15) is 0 Å². The van der Waals surface area contributed by atoms with E-state index in [1.165, 1.54) is 11.3 Å². The van der Waals surface area contributed by atoms with Crippen molar-refractivity contribution in [2.45, 2.75) is 13.1 Å². The van der Waals surface area contributed by atoms with Gasteiger partial charge in [-0.1, -0.05) is 18.2 Å². The van der Waals surface area contributed by atoms with E-state index in [0.717, 1.165) is 11.0 Å². The minimum Gasteiger partial charge on any atom is -0.294 e. The highest BCUT2D eigenvalue weighted by Crippen LogP contribution is 2.26. The molecule has 23 heavy (non-hydrogen) atoms. The van der Waals surface area contributed by atoms with E-state index in [4.69, 9.17) is 0 Å². The van der Waals surface area contributed by atoms with Crippen molar-refractivity contribution in [2.24, 2.45) is 0 Å². The summed E-state index contributed by atoms with van der Waals surface area (Å²) in [6.45, 7) is 2.08. The number of amides is 1. The Kier molecular flexibility index (Phi) is 5.41. The number of rotatable bonds is 4. The first-order chi connectivity index (χ1) is 10.6. The molecule has 2 aromatic heterocycles. The molecule has 122 valence electrons. The van der Waals surface area contributed by atoms with Crippen LogP contribution in [0.2, 0.25) is 0 Å². The second kappa shape index (κ2) is 7.12. The predicted octanol–water partition coefficient (Wildman–Crippen LogP) is 3.85. The summed E-state index contributed by atoms with van der Waals surface area (Å²) in [5.41, 5.74) is 1.88. The van der Waals surface area contributed by atoms with Crippen LogP contribution >= 0.6 is 23.7 Å². The van der Waals surface area contributed by atoms with Crippen molar-refractivity contribution in [3.05, 3.63) is 46.7 Å². The van der Waals surface area contributed by atoms with E-state index in [2.05, 4.69) is 22.1 Å². The van der Waals surface area contributed by atoms with Crippen LogP contribution in [0.25, 0.3) is 11.0 Å². The maximum atomic E-state index is 12.3. The van der Waals surface area contributed by atoms with Gasteiger partial charge < -0.3 is 0 Å². The minimum absolute atomic E-state index is 0. The van der Waals surface area contributed by atoms with Crippen LogP contribution in [-0.2, 0) is 0 Å². The molecule has 0 radical (unpaired) electrons. The number of aromatic nitrogens is 2. The molecule has 7 heteroatoms. The molecule has 5 nitrogen and oxygen atoms in total. The summed E-state index contributed by atoms with van der Waals surface area (Å²) < 4.78 is 2.04. The minimum atomic E-state index is -0.127. The average Bonchev–Trinajstić information content (AvgIpc) is 3.13. The zero-order valence-electron chi connectivity index (χ0n) is 13.2. The number of nitrogens with zero attached hydrogens (tertiary/aromatic N) is 3. The van der Waals surface area contributed by atoms with Gasteiger partial charge >= 0.3 is 0 Å². The van der Waals surface area contributed by atoms with Gasteiger partial charge in [0.25, 0.3) is 5.91 Å². The van der Waals surface area contributed by atoms with E-state index in [1.807, 2.05) is 60.4 Å². The molecule has 1 atom stereocenters. The SMILES string of the molecule is CC(N(C)C)n1c(NC(=O)c2cccs2)nc2ccccc21.Cl. The second-order valence-electron chi connectivity index (χ2n) is 5.32. The van der Waals surface area contributed by atoms with E-state index in [-0.39, 0.29) is 24.5 Å². The molecule has 0 aliphatic carbocycles. The van der Waals surface area contributed by atoms with Crippen molar-refractivity contribution in [1.82, 2.24) is 14.5 Å². The van der Waals surface area contributed by atoms with Crippen molar-refractivity contribution >= 4 is 46.6 Å². The van der Waals surface area contributed by atoms with Crippen molar-refractivity contribution in [1.29, 1.82) is 0 Å². The standard InChI is InChI=1S/C16H18N4OS.ClH/c1-11(19(2)3)20-13-8-5-4-7-12(13)17-16(20)18-15(21)14-9-6-10-22-14;/h4-11H,1-3H3,(H,17,18,21);1H. The third-order valence-corrected chi connectivity index (χ3v) is 4.56. The van der Waals surface area contributed by atoms with Crippen molar-refractivity contribution in [3.63, 3.8) is 0 Å². The number of hydrogen-bond acceptors (Lipinski definition) is 4. The molecule has 0 aliphatic rings. The summed E-state index contributed by atoms with van der Waals surface area (Å²) in [5, 5.41) is 4.82. The van der Waals surface area contributed by atoms with Crippen LogP contribution < -0.4 is 5.32 Å². The van der Waals surface area contributed by atoms with Gasteiger partial charge in [-0.15, -0.1) is 23.7 Å². The fraction of sp³-hybridized carbons (Fsp3) is 0.250. The summed E-state index contributed by atoms with van der Waals surface area (Å²) >= 11 is 1.42. The van der Waals surface area contributed by atoms with Crippen LogP contribution in [-0.4, -0.2) is 34.5 Å². The number of anilines is 1. The second-order valence-corrected chi connectivity index (χ2v) is 6.27. The summed E-state index contributed by atoms with van der Waals surface area (Å²) in [6.07, 6.45) is 0.0750. The number of carbonyl (C=O) groups is 1. The van der Waals surface area contributed by atoms with Gasteiger partial charge in [0.2, 0.25) is 5.95 Å². The maximum Gasteiger partial charge on any atom is 0.268 e. The van der Waals surface area contributed by atoms with Crippen LogP contribution in [0.1, 0.15) is 22.8 Å². The summed E-state index contributed by atoms with van der Waals surface area (Å²) in [7, 11) is 4.01. The van der Waals surface area contributed by atoms with Gasteiger partial charge in [0.1, 0.15) is 0 Å². The number of fused-ring (bicyclic) bond motifs is 1. The van der Waals surface area contributed by atoms with Crippen LogP contribution in [0.4, 0.5) is 5.95 Å². The molecule has 1 unspecified atom stereocenters. The number of thiophene rings is 1. The largest absolute Gasteiger partial charge is 0.294 e. The zero-order chi connectivity index (χ0) is 15.7. The van der Waals surface area contributed by atoms with Crippen molar-refractivity contribution in [3.8, 4) is 0 Å². The van der Waals surface area contributed by atoms with Crippen molar-refractivity contribution < 1.29 is 4.79 Å². The Bertz CT molecular complexity index is 798. The molecular formula is C16H19ClN4OS. The molecule has 0 bridgehead atoms. The molecule has 1 aromatic carbocycles. The molecule has 3 rings (SSSR count). The molecule has 0 fully saturated rings. The third-order valence-electron chi connectivity index (χ3n) is 3.69. The van der Waals surface area contributed by atoms with Crippen LogP contribution in [0.15, 0.2) is 41.8 Å². The molecule has 0 saturated carbocycles. The number of hydrogen-bond donors (Lipinski definition) is 1. The van der Waals surface area contributed by atoms with Gasteiger partial charge in [-0.25, -0.2) is 4.98 Å². The molecule has 3 aromatic rings. The lowest BCUT2D eigenvalue weighted by atomic mass is 10.3. The normalized spacial score (nSPS) is 12.2. The Morgan fingerprint density at radius 2 is 2.00 bits per heavy atom. The topological polar surface area (TPSA) is 50.2 Å². The highest BCUT2D eigenvalue weighted by atomic mass is 35.5. The van der Waals surface area contributed by atoms with Crippen LogP contribution in [0, 0.1) is 0 Å². The Morgan fingerprint density at radius 1 is 1.26 bits per heavy atom. The number of carbonyl (C=O) groups excluding carboxylic acids is 1. The molecule has 1 N–H and O–H groups in total. The maximum absolute atomic E-state index is 12.3. The average molecular weight is 351 g/mol. The number of nitrogens with one attached hydrogen (secondary N) is 1. The van der Waals surface area contributed by atoms with E-state index in [9.17, 15) is 4.79 Å². The highest BCUT2D eigenvalue weighted by Gasteiger charge is 2.19. The Labute approximate surface area is 145 Å². The summed E-state index contributed by atoms with van der Waals surface area (Å²) in [5.74, 6) is 0.443.